The van der Waals surface area contributed by atoms with E-state index in [4.69, 9.17) is 0 Å². The van der Waals surface area contributed by atoms with Crippen LogP contribution >= 0.6 is 15.9 Å². The van der Waals surface area contributed by atoms with Crippen molar-refractivity contribution in [3.05, 3.63) is 28.0 Å². The van der Waals surface area contributed by atoms with Gasteiger partial charge in [-0.2, -0.15) is 0 Å². The Kier molecular flexibility index (Phi) is 5.44. The Morgan fingerprint density at radius 1 is 1.29 bits per heavy atom. The standard InChI is InChI=1S/C14H21BrFN/c1-9(2)5-10(3)8-17-14-7-12(15)13(16)6-11(14)4/h6-7,9-10,17H,5,8H2,1-4H3. The number of hydrogen-bond acceptors (Lipinski definition) is 1. The molecule has 0 fully saturated rings. The SMILES string of the molecule is Cc1cc(F)c(Br)cc1NCC(C)CC(C)C. The zero-order valence-electron chi connectivity index (χ0n) is 11.0. The van der Waals surface area contributed by atoms with Gasteiger partial charge in [0.15, 0.2) is 0 Å². The molecule has 0 bridgehead atoms. The Morgan fingerprint density at radius 2 is 1.94 bits per heavy atom. The van der Waals surface area contributed by atoms with E-state index in [0.29, 0.717) is 16.3 Å². The van der Waals surface area contributed by atoms with Crippen LogP contribution in [0, 0.1) is 24.6 Å². The van der Waals surface area contributed by atoms with Crippen LogP contribution in [0.15, 0.2) is 16.6 Å². The lowest BCUT2D eigenvalue weighted by Crippen LogP contribution is -2.14. The fraction of sp³-hybridized carbons (Fsp3) is 0.571. The van der Waals surface area contributed by atoms with Gasteiger partial charge >= 0.3 is 0 Å². The van der Waals surface area contributed by atoms with Gasteiger partial charge in [-0.05, 0) is 58.8 Å². The Bertz CT molecular complexity index is 377. The van der Waals surface area contributed by atoms with E-state index in [0.717, 1.165) is 17.8 Å². The van der Waals surface area contributed by atoms with Gasteiger partial charge in [0.25, 0.3) is 0 Å². The first-order valence-electron chi connectivity index (χ1n) is 6.09. The van der Waals surface area contributed by atoms with E-state index in [9.17, 15) is 4.39 Å². The number of rotatable bonds is 5. The molecule has 1 unspecified atom stereocenters. The van der Waals surface area contributed by atoms with Gasteiger partial charge < -0.3 is 5.32 Å². The molecule has 1 rings (SSSR count). The first-order chi connectivity index (χ1) is 7.90. The van der Waals surface area contributed by atoms with Crippen molar-refractivity contribution >= 4 is 21.6 Å². The minimum Gasteiger partial charge on any atom is -0.385 e. The highest BCUT2D eigenvalue weighted by atomic mass is 79.9. The normalized spacial score (nSPS) is 12.9. The van der Waals surface area contributed by atoms with Crippen LogP contribution in [0.5, 0.6) is 0 Å². The van der Waals surface area contributed by atoms with Crippen molar-refractivity contribution in [2.24, 2.45) is 11.8 Å². The molecule has 0 aliphatic rings. The smallest absolute Gasteiger partial charge is 0.137 e. The van der Waals surface area contributed by atoms with E-state index < -0.39 is 0 Å². The molecule has 0 saturated heterocycles. The second-order valence-electron chi connectivity index (χ2n) is 5.20. The number of benzene rings is 1. The lowest BCUT2D eigenvalue weighted by Gasteiger charge is -2.17. The molecule has 0 radical (unpaired) electrons. The molecule has 1 aromatic carbocycles. The molecule has 0 aromatic heterocycles. The average Bonchev–Trinajstić information content (AvgIpc) is 2.20. The highest BCUT2D eigenvalue weighted by Crippen LogP contribution is 2.24. The molecule has 1 atom stereocenters. The van der Waals surface area contributed by atoms with Gasteiger partial charge in [-0.25, -0.2) is 4.39 Å². The summed E-state index contributed by atoms with van der Waals surface area (Å²) in [6, 6.07) is 3.37. The van der Waals surface area contributed by atoms with Crippen molar-refractivity contribution in [3.63, 3.8) is 0 Å². The minimum absolute atomic E-state index is 0.205. The van der Waals surface area contributed by atoms with Crippen molar-refractivity contribution in [2.45, 2.75) is 34.1 Å². The lowest BCUT2D eigenvalue weighted by atomic mass is 9.99. The Morgan fingerprint density at radius 3 is 2.53 bits per heavy atom. The highest BCUT2D eigenvalue weighted by Gasteiger charge is 2.08. The summed E-state index contributed by atoms with van der Waals surface area (Å²) in [6.45, 7) is 9.55. The third kappa shape index (κ3) is 4.66. The van der Waals surface area contributed by atoms with E-state index in [1.54, 1.807) is 6.07 Å². The molecule has 0 heterocycles. The molecule has 3 heteroatoms. The Balaban J connectivity index is 2.60. The molecule has 0 saturated carbocycles. The molecule has 1 nitrogen and oxygen atoms in total. The summed E-state index contributed by atoms with van der Waals surface area (Å²) in [5.74, 6) is 1.13. The first-order valence-corrected chi connectivity index (χ1v) is 6.89. The maximum Gasteiger partial charge on any atom is 0.137 e. The van der Waals surface area contributed by atoms with E-state index in [1.807, 2.05) is 13.0 Å². The topological polar surface area (TPSA) is 12.0 Å². The number of nitrogens with one attached hydrogen (secondary N) is 1. The van der Waals surface area contributed by atoms with E-state index in [1.165, 1.54) is 6.42 Å². The third-order valence-corrected chi connectivity index (χ3v) is 3.39. The predicted molar refractivity (Wildman–Crippen MR) is 75.9 cm³/mol. The van der Waals surface area contributed by atoms with Crippen molar-refractivity contribution in [1.82, 2.24) is 0 Å². The quantitative estimate of drug-likeness (QED) is 0.808. The van der Waals surface area contributed by atoms with E-state index in [-0.39, 0.29) is 5.82 Å². The maximum atomic E-state index is 13.3. The molecule has 1 aromatic rings. The van der Waals surface area contributed by atoms with Crippen LogP contribution in [-0.4, -0.2) is 6.54 Å². The zero-order valence-corrected chi connectivity index (χ0v) is 12.6. The van der Waals surface area contributed by atoms with Gasteiger partial charge in [-0.15, -0.1) is 0 Å². The van der Waals surface area contributed by atoms with Crippen LogP contribution in [0.4, 0.5) is 10.1 Å². The monoisotopic (exact) mass is 301 g/mol. The van der Waals surface area contributed by atoms with Crippen molar-refractivity contribution < 1.29 is 4.39 Å². The molecule has 0 spiro atoms. The molecule has 0 amide bonds. The van der Waals surface area contributed by atoms with Gasteiger partial charge in [0.1, 0.15) is 5.82 Å². The number of halogens is 2. The van der Waals surface area contributed by atoms with Gasteiger partial charge in [-0.3, -0.25) is 0 Å². The van der Waals surface area contributed by atoms with Gasteiger partial charge in [0.2, 0.25) is 0 Å². The lowest BCUT2D eigenvalue weighted by molar-refractivity contribution is 0.455. The summed E-state index contributed by atoms with van der Waals surface area (Å²) in [4.78, 5) is 0. The molecule has 0 aliphatic heterocycles. The second-order valence-corrected chi connectivity index (χ2v) is 6.05. The van der Waals surface area contributed by atoms with Crippen LogP contribution in [0.1, 0.15) is 32.8 Å². The Labute approximate surface area is 112 Å². The van der Waals surface area contributed by atoms with Crippen molar-refractivity contribution in [3.8, 4) is 0 Å². The van der Waals surface area contributed by atoms with Crippen molar-refractivity contribution in [2.75, 3.05) is 11.9 Å². The predicted octanol–water partition coefficient (Wildman–Crippen LogP) is 4.99. The summed E-state index contributed by atoms with van der Waals surface area (Å²) in [5, 5.41) is 3.39. The van der Waals surface area contributed by atoms with E-state index >= 15 is 0 Å². The molecular formula is C14H21BrFN. The minimum atomic E-state index is -0.205. The van der Waals surface area contributed by atoms with Crippen LogP contribution in [-0.2, 0) is 0 Å². The second kappa shape index (κ2) is 6.39. The summed E-state index contributed by atoms with van der Waals surface area (Å²) < 4.78 is 13.8. The summed E-state index contributed by atoms with van der Waals surface area (Å²) in [5.41, 5.74) is 1.95. The molecule has 0 aliphatic carbocycles. The number of aryl methyl sites for hydroxylation is 1. The fourth-order valence-electron chi connectivity index (χ4n) is 2.01. The summed E-state index contributed by atoms with van der Waals surface area (Å²) in [6.07, 6.45) is 1.20. The summed E-state index contributed by atoms with van der Waals surface area (Å²) in [7, 11) is 0. The summed E-state index contributed by atoms with van der Waals surface area (Å²) >= 11 is 3.21. The average molecular weight is 302 g/mol. The fourth-order valence-corrected chi connectivity index (χ4v) is 2.35. The maximum absolute atomic E-state index is 13.3. The number of hydrogen-bond donors (Lipinski definition) is 1. The molecule has 96 valence electrons. The molecule has 1 N–H and O–H groups in total. The Hall–Kier alpha value is -0.570. The van der Waals surface area contributed by atoms with E-state index in [2.05, 4.69) is 42.0 Å². The van der Waals surface area contributed by atoms with Gasteiger partial charge in [-0.1, -0.05) is 20.8 Å². The van der Waals surface area contributed by atoms with Crippen molar-refractivity contribution in [1.29, 1.82) is 0 Å². The molecular weight excluding hydrogens is 281 g/mol. The van der Waals surface area contributed by atoms with Gasteiger partial charge in [0.05, 0.1) is 4.47 Å². The van der Waals surface area contributed by atoms with Crippen LogP contribution in [0.3, 0.4) is 0 Å². The molecule has 17 heavy (non-hydrogen) atoms. The number of anilines is 1. The van der Waals surface area contributed by atoms with Crippen LogP contribution in [0.2, 0.25) is 0 Å². The van der Waals surface area contributed by atoms with Gasteiger partial charge in [0, 0.05) is 12.2 Å². The van der Waals surface area contributed by atoms with Crippen LogP contribution in [0.25, 0.3) is 0 Å². The third-order valence-electron chi connectivity index (χ3n) is 2.78. The first kappa shape index (κ1) is 14.5. The largest absolute Gasteiger partial charge is 0.385 e. The zero-order chi connectivity index (χ0) is 13.0. The highest BCUT2D eigenvalue weighted by molar-refractivity contribution is 9.10. The van der Waals surface area contributed by atoms with Crippen LogP contribution < -0.4 is 5.32 Å².